The molecule has 3 aromatic rings. The molecule has 0 atom stereocenters. The summed E-state index contributed by atoms with van der Waals surface area (Å²) in [6.07, 6.45) is 0. The second kappa shape index (κ2) is 7.51. The van der Waals surface area contributed by atoms with E-state index in [1.807, 2.05) is 0 Å². The molecule has 0 spiro atoms. The minimum Gasteiger partial charge on any atom is -0.497 e. The summed E-state index contributed by atoms with van der Waals surface area (Å²) in [5.41, 5.74) is 0.630. The van der Waals surface area contributed by atoms with Crippen LogP contribution >= 0.6 is 0 Å². The monoisotopic (exact) mass is 357 g/mol. The molecule has 3 rings (SSSR count). The topological polar surface area (TPSA) is 110 Å². The van der Waals surface area contributed by atoms with E-state index in [9.17, 15) is 10.1 Å². The molecule has 0 aliphatic carbocycles. The van der Waals surface area contributed by atoms with E-state index in [2.05, 4.69) is 10.1 Å². The molecule has 9 heteroatoms. The van der Waals surface area contributed by atoms with Gasteiger partial charge in [-0.1, -0.05) is 5.16 Å². The van der Waals surface area contributed by atoms with E-state index in [-0.39, 0.29) is 18.0 Å². The van der Waals surface area contributed by atoms with Crippen LogP contribution in [0, 0.1) is 10.1 Å². The second-order valence-electron chi connectivity index (χ2n) is 5.13. The lowest BCUT2D eigenvalue weighted by molar-refractivity contribution is -0.385. The Hall–Kier alpha value is -3.62. The Balaban J connectivity index is 1.73. The molecule has 1 heterocycles. The first-order valence-corrected chi connectivity index (χ1v) is 7.53. The van der Waals surface area contributed by atoms with Gasteiger partial charge in [-0.15, -0.1) is 0 Å². The third-order valence-corrected chi connectivity index (χ3v) is 3.52. The molecule has 0 aliphatic rings. The van der Waals surface area contributed by atoms with Crippen molar-refractivity contribution in [1.29, 1.82) is 0 Å². The molecular weight excluding hydrogens is 342 g/mol. The molecule has 0 amide bonds. The van der Waals surface area contributed by atoms with Crippen LogP contribution in [0.4, 0.5) is 5.69 Å². The highest BCUT2D eigenvalue weighted by atomic mass is 16.6. The van der Waals surface area contributed by atoms with Crippen LogP contribution in [0.15, 0.2) is 47.0 Å². The summed E-state index contributed by atoms with van der Waals surface area (Å²) in [4.78, 5) is 14.6. The van der Waals surface area contributed by atoms with Crippen LogP contribution in [0.1, 0.15) is 5.82 Å². The molecular formula is C17H15N3O6. The van der Waals surface area contributed by atoms with E-state index >= 15 is 0 Å². The van der Waals surface area contributed by atoms with Crippen LogP contribution in [0.5, 0.6) is 17.2 Å². The summed E-state index contributed by atoms with van der Waals surface area (Å²) in [6, 6.07) is 11.2. The lowest BCUT2D eigenvalue weighted by Gasteiger charge is -2.08. The third kappa shape index (κ3) is 3.72. The first-order chi connectivity index (χ1) is 12.6. The van der Waals surface area contributed by atoms with Crippen molar-refractivity contribution in [2.75, 3.05) is 14.2 Å². The zero-order valence-electron chi connectivity index (χ0n) is 14.0. The fourth-order valence-corrected chi connectivity index (χ4v) is 2.20. The predicted molar refractivity (Wildman–Crippen MR) is 90.3 cm³/mol. The zero-order chi connectivity index (χ0) is 18.5. The van der Waals surface area contributed by atoms with Gasteiger partial charge in [-0.25, -0.2) is 0 Å². The smallest absolute Gasteiger partial charge is 0.273 e. The maximum atomic E-state index is 10.9. The minimum atomic E-state index is -0.511. The number of nitro benzene ring substituents is 1. The molecule has 0 saturated heterocycles. The normalized spacial score (nSPS) is 10.4. The summed E-state index contributed by atoms with van der Waals surface area (Å²) < 4.78 is 21.0. The number of ether oxygens (including phenoxy) is 3. The predicted octanol–water partition coefficient (Wildman–Crippen LogP) is 3.24. The number of aromatic nitrogens is 2. The van der Waals surface area contributed by atoms with E-state index in [0.29, 0.717) is 17.5 Å². The number of non-ortho nitro benzene ring substituents is 1. The number of methoxy groups -OCH3 is 2. The summed E-state index contributed by atoms with van der Waals surface area (Å²) in [5.74, 6) is 1.93. The molecule has 0 N–H and O–H groups in total. The van der Waals surface area contributed by atoms with Gasteiger partial charge in [0.1, 0.15) is 5.75 Å². The van der Waals surface area contributed by atoms with Crippen molar-refractivity contribution in [1.82, 2.24) is 10.1 Å². The first-order valence-electron chi connectivity index (χ1n) is 7.53. The zero-order valence-corrected chi connectivity index (χ0v) is 14.0. The Bertz CT molecular complexity index is 907. The number of hydrogen-bond acceptors (Lipinski definition) is 8. The molecule has 0 fully saturated rings. The molecule has 0 radical (unpaired) electrons. The second-order valence-corrected chi connectivity index (χ2v) is 5.13. The van der Waals surface area contributed by atoms with Crippen molar-refractivity contribution in [3.05, 3.63) is 58.4 Å². The highest BCUT2D eigenvalue weighted by molar-refractivity contribution is 5.54. The SMILES string of the molecule is COc1ccc(-c2nc(COc3cc([N+](=O)[O-])ccc3OC)no2)cc1. The molecule has 134 valence electrons. The Morgan fingerprint density at radius 1 is 1.08 bits per heavy atom. The first kappa shape index (κ1) is 17.2. The van der Waals surface area contributed by atoms with Crippen LogP contribution in [0.2, 0.25) is 0 Å². The molecule has 1 aromatic heterocycles. The van der Waals surface area contributed by atoms with E-state index in [0.717, 1.165) is 11.3 Å². The summed E-state index contributed by atoms with van der Waals surface area (Å²) >= 11 is 0. The fraction of sp³-hybridized carbons (Fsp3) is 0.176. The number of rotatable bonds is 7. The summed E-state index contributed by atoms with van der Waals surface area (Å²) in [6.45, 7) is -0.0306. The van der Waals surface area contributed by atoms with Crippen LogP contribution in [0.25, 0.3) is 11.5 Å². The van der Waals surface area contributed by atoms with E-state index in [1.165, 1.54) is 25.3 Å². The van der Waals surface area contributed by atoms with Gasteiger partial charge in [0.15, 0.2) is 18.1 Å². The van der Waals surface area contributed by atoms with Crippen LogP contribution in [-0.2, 0) is 6.61 Å². The van der Waals surface area contributed by atoms with Crippen molar-refractivity contribution in [3.8, 4) is 28.7 Å². The van der Waals surface area contributed by atoms with Gasteiger partial charge in [-0.05, 0) is 30.3 Å². The van der Waals surface area contributed by atoms with Crippen LogP contribution in [0.3, 0.4) is 0 Å². The lowest BCUT2D eigenvalue weighted by atomic mass is 10.2. The number of hydrogen-bond donors (Lipinski definition) is 0. The van der Waals surface area contributed by atoms with Crippen molar-refractivity contribution < 1.29 is 23.7 Å². The average Bonchev–Trinajstić information content (AvgIpc) is 3.15. The number of benzene rings is 2. The Kier molecular flexibility index (Phi) is 4.97. The van der Waals surface area contributed by atoms with Crippen molar-refractivity contribution in [3.63, 3.8) is 0 Å². The van der Waals surface area contributed by atoms with Gasteiger partial charge in [0.2, 0.25) is 5.82 Å². The van der Waals surface area contributed by atoms with Crippen LogP contribution in [-0.4, -0.2) is 29.3 Å². The Morgan fingerprint density at radius 2 is 1.85 bits per heavy atom. The highest BCUT2D eigenvalue weighted by Gasteiger charge is 2.15. The average molecular weight is 357 g/mol. The van der Waals surface area contributed by atoms with Crippen LogP contribution < -0.4 is 14.2 Å². The van der Waals surface area contributed by atoms with Gasteiger partial charge >= 0.3 is 0 Å². The molecule has 0 saturated carbocycles. The van der Waals surface area contributed by atoms with Gasteiger partial charge < -0.3 is 18.7 Å². The Labute approximate surface area is 148 Å². The molecule has 0 unspecified atom stereocenters. The molecule has 0 aliphatic heterocycles. The molecule has 9 nitrogen and oxygen atoms in total. The van der Waals surface area contributed by atoms with Crippen molar-refractivity contribution in [2.45, 2.75) is 6.61 Å². The van der Waals surface area contributed by atoms with Gasteiger partial charge in [0, 0.05) is 11.6 Å². The van der Waals surface area contributed by atoms with E-state index < -0.39 is 4.92 Å². The van der Waals surface area contributed by atoms with Gasteiger partial charge in [-0.3, -0.25) is 10.1 Å². The minimum absolute atomic E-state index is 0.0306. The summed E-state index contributed by atoms with van der Waals surface area (Å²) in [5, 5.41) is 14.7. The highest BCUT2D eigenvalue weighted by Crippen LogP contribution is 2.31. The lowest BCUT2D eigenvalue weighted by Crippen LogP contribution is -2.00. The van der Waals surface area contributed by atoms with E-state index in [4.69, 9.17) is 18.7 Å². The molecule has 2 aromatic carbocycles. The fourth-order valence-electron chi connectivity index (χ4n) is 2.20. The maximum Gasteiger partial charge on any atom is 0.273 e. The quantitative estimate of drug-likeness (QED) is 0.468. The third-order valence-electron chi connectivity index (χ3n) is 3.52. The molecule has 26 heavy (non-hydrogen) atoms. The standard InChI is InChI=1S/C17H15N3O6/c1-23-13-6-3-11(4-7-13)17-18-16(19-26-17)10-25-15-9-12(20(21)22)5-8-14(15)24-2/h3-9H,10H2,1-2H3. The van der Waals surface area contributed by atoms with E-state index in [1.54, 1.807) is 31.4 Å². The largest absolute Gasteiger partial charge is 0.497 e. The van der Waals surface area contributed by atoms with Gasteiger partial charge in [0.05, 0.1) is 25.2 Å². The van der Waals surface area contributed by atoms with Gasteiger partial charge in [-0.2, -0.15) is 4.98 Å². The van der Waals surface area contributed by atoms with Crippen molar-refractivity contribution >= 4 is 5.69 Å². The van der Waals surface area contributed by atoms with Crippen molar-refractivity contribution in [2.24, 2.45) is 0 Å². The molecule has 0 bridgehead atoms. The Morgan fingerprint density at radius 3 is 2.50 bits per heavy atom. The number of nitro groups is 1. The maximum absolute atomic E-state index is 10.9. The number of nitrogens with zero attached hydrogens (tertiary/aromatic N) is 3. The summed E-state index contributed by atoms with van der Waals surface area (Å²) in [7, 11) is 3.03. The van der Waals surface area contributed by atoms with Gasteiger partial charge in [0.25, 0.3) is 11.6 Å².